The molecule has 0 saturated carbocycles. The normalized spacial score (nSPS) is 11.6. The lowest BCUT2D eigenvalue weighted by molar-refractivity contribution is -0.122. The zero-order chi connectivity index (χ0) is 16.1. The molecule has 0 aliphatic carbocycles. The van der Waals surface area contributed by atoms with Gasteiger partial charge in [-0.05, 0) is 50.2 Å². The molecule has 22 heavy (non-hydrogen) atoms. The van der Waals surface area contributed by atoms with E-state index in [1.807, 2.05) is 12.1 Å². The number of ketones is 1. The molecule has 5 heteroatoms. The van der Waals surface area contributed by atoms with E-state index in [2.05, 4.69) is 21.2 Å². The number of amides is 1. The third-order valence-electron chi connectivity index (χ3n) is 3.03. The molecule has 2 aromatic carbocycles. The van der Waals surface area contributed by atoms with Crippen molar-refractivity contribution in [3.8, 4) is 5.75 Å². The molecule has 114 valence electrons. The molecule has 1 unspecified atom stereocenters. The lowest BCUT2D eigenvalue weighted by Gasteiger charge is -2.15. The first kappa shape index (κ1) is 16.2. The summed E-state index contributed by atoms with van der Waals surface area (Å²) < 4.78 is 6.52. The average molecular weight is 362 g/mol. The number of carbonyl (C=O) groups is 2. The Hall–Kier alpha value is -2.14. The van der Waals surface area contributed by atoms with Crippen LogP contribution in [-0.4, -0.2) is 17.8 Å². The summed E-state index contributed by atoms with van der Waals surface area (Å²) in [4.78, 5) is 23.5. The van der Waals surface area contributed by atoms with Gasteiger partial charge in [0.25, 0.3) is 5.91 Å². The first-order chi connectivity index (χ1) is 10.5. The van der Waals surface area contributed by atoms with Crippen molar-refractivity contribution in [3.63, 3.8) is 0 Å². The van der Waals surface area contributed by atoms with Gasteiger partial charge in [-0.25, -0.2) is 0 Å². The fourth-order valence-corrected chi connectivity index (χ4v) is 2.09. The second kappa shape index (κ2) is 7.22. The largest absolute Gasteiger partial charge is 0.481 e. The Kier molecular flexibility index (Phi) is 5.33. The van der Waals surface area contributed by atoms with Crippen molar-refractivity contribution in [2.45, 2.75) is 20.0 Å². The number of hydrogen-bond donors (Lipinski definition) is 1. The number of nitrogens with one attached hydrogen (secondary N) is 1. The third kappa shape index (κ3) is 4.43. The average Bonchev–Trinajstić information content (AvgIpc) is 2.49. The Morgan fingerprint density at radius 1 is 1.14 bits per heavy atom. The Morgan fingerprint density at radius 2 is 1.82 bits per heavy atom. The maximum atomic E-state index is 12.1. The van der Waals surface area contributed by atoms with Crippen molar-refractivity contribution in [2.75, 3.05) is 5.32 Å². The van der Waals surface area contributed by atoms with Crippen LogP contribution in [0.1, 0.15) is 24.2 Å². The van der Waals surface area contributed by atoms with E-state index < -0.39 is 6.10 Å². The summed E-state index contributed by atoms with van der Waals surface area (Å²) in [7, 11) is 0. The standard InChI is InChI=1S/C17H16BrNO3/c1-11(20)13-4-3-5-15(10-13)19-17(21)12(2)22-16-8-6-14(18)7-9-16/h3-10,12H,1-2H3,(H,19,21). The SMILES string of the molecule is CC(=O)c1cccc(NC(=O)C(C)Oc2ccc(Br)cc2)c1. The molecule has 0 aromatic heterocycles. The van der Waals surface area contributed by atoms with Crippen molar-refractivity contribution in [1.82, 2.24) is 0 Å². The molecule has 0 aliphatic heterocycles. The Bertz CT molecular complexity index is 683. The van der Waals surface area contributed by atoms with E-state index in [9.17, 15) is 9.59 Å². The van der Waals surface area contributed by atoms with Crippen molar-refractivity contribution in [3.05, 3.63) is 58.6 Å². The van der Waals surface area contributed by atoms with E-state index in [0.717, 1.165) is 4.47 Å². The molecule has 0 fully saturated rings. The van der Waals surface area contributed by atoms with E-state index in [4.69, 9.17) is 4.74 Å². The molecule has 0 heterocycles. The smallest absolute Gasteiger partial charge is 0.265 e. The summed E-state index contributed by atoms with van der Waals surface area (Å²) in [5.41, 5.74) is 1.13. The van der Waals surface area contributed by atoms with Crippen LogP contribution in [0.5, 0.6) is 5.75 Å². The van der Waals surface area contributed by atoms with Crippen LogP contribution in [-0.2, 0) is 4.79 Å². The van der Waals surface area contributed by atoms with E-state index in [0.29, 0.717) is 17.0 Å². The molecule has 0 radical (unpaired) electrons. The van der Waals surface area contributed by atoms with Gasteiger partial charge in [-0.3, -0.25) is 9.59 Å². The number of hydrogen-bond acceptors (Lipinski definition) is 3. The molecule has 0 spiro atoms. The zero-order valence-electron chi connectivity index (χ0n) is 12.3. The Labute approximate surface area is 137 Å². The number of Topliss-reactive ketones (excluding diaryl/α,β-unsaturated/α-hetero) is 1. The summed E-state index contributed by atoms with van der Waals surface area (Å²) >= 11 is 3.34. The minimum atomic E-state index is -0.651. The minimum Gasteiger partial charge on any atom is -0.481 e. The van der Waals surface area contributed by atoms with Gasteiger partial charge in [-0.15, -0.1) is 0 Å². The van der Waals surface area contributed by atoms with Gasteiger partial charge in [0.2, 0.25) is 0 Å². The number of benzene rings is 2. The van der Waals surface area contributed by atoms with Gasteiger partial charge in [0, 0.05) is 15.7 Å². The second-order valence-electron chi connectivity index (χ2n) is 4.84. The second-order valence-corrected chi connectivity index (χ2v) is 5.76. The first-order valence-corrected chi connectivity index (χ1v) is 7.59. The molecular formula is C17H16BrNO3. The van der Waals surface area contributed by atoms with Gasteiger partial charge in [0.15, 0.2) is 11.9 Å². The highest BCUT2D eigenvalue weighted by Crippen LogP contribution is 2.18. The molecule has 2 rings (SSSR count). The van der Waals surface area contributed by atoms with Gasteiger partial charge in [0.05, 0.1) is 0 Å². The van der Waals surface area contributed by atoms with Crippen LogP contribution in [0.4, 0.5) is 5.69 Å². The van der Waals surface area contributed by atoms with Crippen molar-refractivity contribution >= 4 is 33.3 Å². The maximum absolute atomic E-state index is 12.1. The Morgan fingerprint density at radius 3 is 2.45 bits per heavy atom. The highest BCUT2D eigenvalue weighted by atomic mass is 79.9. The van der Waals surface area contributed by atoms with Gasteiger partial charge in [-0.2, -0.15) is 0 Å². The monoisotopic (exact) mass is 361 g/mol. The number of halogens is 1. The summed E-state index contributed by atoms with van der Waals surface area (Å²) in [6.07, 6.45) is -0.651. The lowest BCUT2D eigenvalue weighted by atomic mass is 10.1. The minimum absolute atomic E-state index is 0.0461. The van der Waals surface area contributed by atoms with Crippen LogP contribution < -0.4 is 10.1 Å². The van der Waals surface area contributed by atoms with Crippen molar-refractivity contribution in [2.24, 2.45) is 0 Å². The van der Waals surface area contributed by atoms with Gasteiger partial charge >= 0.3 is 0 Å². The van der Waals surface area contributed by atoms with Gasteiger partial charge < -0.3 is 10.1 Å². The van der Waals surface area contributed by atoms with E-state index >= 15 is 0 Å². The fraction of sp³-hybridized carbons (Fsp3) is 0.176. The Balaban J connectivity index is 2.00. The molecule has 0 bridgehead atoms. The van der Waals surface area contributed by atoms with Crippen LogP contribution in [0.25, 0.3) is 0 Å². The summed E-state index contributed by atoms with van der Waals surface area (Å²) in [5, 5.41) is 2.74. The number of anilines is 1. The van der Waals surface area contributed by atoms with Crippen LogP contribution in [0.15, 0.2) is 53.0 Å². The quantitative estimate of drug-likeness (QED) is 0.817. The molecular weight excluding hydrogens is 346 g/mol. The topological polar surface area (TPSA) is 55.4 Å². The van der Waals surface area contributed by atoms with E-state index in [-0.39, 0.29) is 11.7 Å². The molecule has 0 saturated heterocycles. The molecule has 0 aliphatic rings. The molecule has 1 atom stereocenters. The van der Waals surface area contributed by atoms with Crippen LogP contribution in [0.2, 0.25) is 0 Å². The van der Waals surface area contributed by atoms with E-state index in [1.54, 1.807) is 43.3 Å². The highest BCUT2D eigenvalue weighted by Gasteiger charge is 2.15. The zero-order valence-corrected chi connectivity index (χ0v) is 13.9. The van der Waals surface area contributed by atoms with E-state index in [1.165, 1.54) is 6.92 Å². The molecule has 1 amide bonds. The number of ether oxygens (including phenoxy) is 1. The highest BCUT2D eigenvalue weighted by molar-refractivity contribution is 9.10. The van der Waals surface area contributed by atoms with Crippen LogP contribution in [0, 0.1) is 0 Å². The number of rotatable bonds is 5. The predicted octanol–water partition coefficient (Wildman–Crippen LogP) is 4.06. The van der Waals surface area contributed by atoms with Crippen molar-refractivity contribution in [1.29, 1.82) is 0 Å². The summed E-state index contributed by atoms with van der Waals surface area (Å²) in [5.74, 6) is 0.294. The summed E-state index contributed by atoms with van der Waals surface area (Å²) in [6, 6.07) is 14.1. The molecule has 2 aromatic rings. The summed E-state index contributed by atoms with van der Waals surface area (Å²) in [6.45, 7) is 3.16. The van der Waals surface area contributed by atoms with Crippen LogP contribution >= 0.6 is 15.9 Å². The van der Waals surface area contributed by atoms with Gasteiger partial charge in [-0.1, -0.05) is 28.1 Å². The first-order valence-electron chi connectivity index (χ1n) is 6.80. The maximum Gasteiger partial charge on any atom is 0.265 e. The molecule has 1 N–H and O–H groups in total. The fourth-order valence-electron chi connectivity index (χ4n) is 1.83. The van der Waals surface area contributed by atoms with Gasteiger partial charge in [0.1, 0.15) is 5.75 Å². The van der Waals surface area contributed by atoms with Crippen molar-refractivity contribution < 1.29 is 14.3 Å². The lowest BCUT2D eigenvalue weighted by Crippen LogP contribution is -2.30. The third-order valence-corrected chi connectivity index (χ3v) is 3.56. The molecule has 4 nitrogen and oxygen atoms in total. The number of carbonyl (C=O) groups excluding carboxylic acids is 2. The predicted molar refractivity (Wildman–Crippen MR) is 89.3 cm³/mol. The van der Waals surface area contributed by atoms with Crippen LogP contribution in [0.3, 0.4) is 0 Å².